The normalized spacial score (nSPS) is 23.9. The molecule has 2 heterocycles. The molecule has 2 atom stereocenters. The fraction of sp³-hybridized carbons (Fsp3) is 0.615. The van der Waals surface area contributed by atoms with E-state index >= 15 is 0 Å². The first-order chi connectivity index (χ1) is 8.18. The zero-order chi connectivity index (χ0) is 12.3. The van der Waals surface area contributed by atoms with Crippen molar-refractivity contribution in [2.24, 2.45) is 0 Å². The Bertz CT molecular complexity index is 339. The summed E-state index contributed by atoms with van der Waals surface area (Å²) in [5.41, 5.74) is 1.14. The van der Waals surface area contributed by atoms with Gasteiger partial charge < -0.3 is 10.2 Å². The molecule has 0 bridgehead atoms. The molecule has 1 fully saturated rings. The summed E-state index contributed by atoms with van der Waals surface area (Å²) in [6, 6.07) is 6.92. The fourth-order valence-corrected chi connectivity index (χ4v) is 2.53. The molecule has 4 heteroatoms. The minimum Gasteiger partial charge on any atom is -0.310 e. The fourth-order valence-electron chi connectivity index (χ4n) is 2.53. The number of piperazine rings is 1. The average molecular weight is 234 g/mol. The van der Waals surface area contributed by atoms with E-state index < -0.39 is 0 Å². The van der Waals surface area contributed by atoms with Gasteiger partial charge in [0, 0.05) is 31.9 Å². The van der Waals surface area contributed by atoms with E-state index in [2.05, 4.69) is 53.4 Å². The van der Waals surface area contributed by atoms with Crippen LogP contribution in [0.25, 0.3) is 0 Å². The molecule has 0 aliphatic carbocycles. The van der Waals surface area contributed by atoms with Crippen LogP contribution in [0.2, 0.25) is 0 Å². The van der Waals surface area contributed by atoms with Gasteiger partial charge in [-0.3, -0.25) is 9.88 Å². The summed E-state index contributed by atoms with van der Waals surface area (Å²) in [5.74, 6) is 0. The van der Waals surface area contributed by atoms with Crippen molar-refractivity contribution in [3.8, 4) is 0 Å². The molecule has 94 valence electrons. The molecule has 1 aromatic rings. The lowest BCUT2D eigenvalue weighted by molar-refractivity contribution is 0.152. The van der Waals surface area contributed by atoms with Crippen LogP contribution >= 0.6 is 0 Å². The largest absolute Gasteiger partial charge is 0.310 e. The number of hydrogen-bond donors (Lipinski definition) is 1. The second-order valence-corrected chi connectivity index (χ2v) is 4.99. The number of pyridine rings is 1. The zero-order valence-electron chi connectivity index (χ0n) is 10.9. The predicted molar refractivity (Wildman–Crippen MR) is 70.0 cm³/mol. The van der Waals surface area contributed by atoms with Crippen LogP contribution in [-0.4, -0.2) is 61.6 Å². The van der Waals surface area contributed by atoms with E-state index in [0.717, 1.165) is 25.3 Å². The molecule has 1 N–H and O–H groups in total. The third-order valence-corrected chi connectivity index (χ3v) is 3.34. The van der Waals surface area contributed by atoms with E-state index in [0.29, 0.717) is 12.1 Å². The van der Waals surface area contributed by atoms with Gasteiger partial charge in [-0.25, -0.2) is 0 Å². The molecule has 2 rings (SSSR count). The molecule has 1 aliphatic heterocycles. The predicted octanol–water partition coefficient (Wildman–Crippen LogP) is 0.588. The van der Waals surface area contributed by atoms with Crippen LogP contribution in [0, 0.1) is 0 Å². The van der Waals surface area contributed by atoms with Crippen LogP contribution in [0.4, 0.5) is 0 Å². The van der Waals surface area contributed by atoms with Crippen molar-refractivity contribution >= 4 is 0 Å². The number of rotatable bonds is 3. The second kappa shape index (κ2) is 5.58. The van der Waals surface area contributed by atoms with Gasteiger partial charge in [0.1, 0.15) is 0 Å². The van der Waals surface area contributed by atoms with Gasteiger partial charge in [0.2, 0.25) is 0 Å². The summed E-state index contributed by atoms with van der Waals surface area (Å²) in [4.78, 5) is 9.13. The van der Waals surface area contributed by atoms with Crippen molar-refractivity contribution < 1.29 is 0 Å². The highest BCUT2D eigenvalue weighted by Crippen LogP contribution is 2.21. The topological polar surface area (TPSA) is 31.4 Å². The van der Waals surface area contributed by atoms with E-state index in [1.807, 2.05) is 12.3 Å². The second-order valence-electron chi connectivity index (χ2n) is 4.99. The standard InChI is InChI=1S/C13H22N4/c1-16(2)13(11-6-4-5-7-14-11)12-10-17(3)9-8-15-12/h4-7,12-13,15H,8-10H2,1-3H3. The van der Waals surface area contributed by atoms with Crippen LogP contribution in [-0.2, 0) is 0 Å². The Morgan fingerprint density at radius 3 is 2.88 bits per heavy atom. The van der Waals surface area contributed by atoms with Gasteiger partial charge in [-0.05, 0) is 33.3 Å². The molecule has 0 aromatic carbocycles. The third-order valence-electron chi connectivity index (χ3n) is 3.34. The van der Waals surface area contributed by atoms with Gasteiger partial charge in [0.15, 0.2) is 0 Å². The lowest BCUT2D eigenvalue weighted by Crippen LogP contribution is -2.54. The molecule has 17 heavy (non-hydrogen) atoms. The number of nitrogens with zero attached hydrogens (tertiary/aromatic N) is 3. The van der Waals surface area contributed by atoms with E-state index in [4.69, 9.17) is 0 Å². The quantitative estimate of drug-likeness (QED) is 0.829. The van der Waals surface area contributed by atoms with Gasteiger partial charge in [-0.15, -0.1) is 0 Å². The summed E-state index contributed by atoms with van der Waals surface area (Å²) in [5, 5.41) is 3.61. The van der Waals surface area contributed by atoms with E-state index in [1.165, 1.54) is 0 Å². The molecule has 0 spiro atoms. The molecule has 1 saturated heterocycles. The van der Waals surface area contributed by atoms with Crippen LogP contribution in [0.5, 0.6) is 0 Å². The minimum absolute atomic E-state index is 0.332. The summed E-state index contributed by atoms with van der Waals surface area (Å²) < 4.78 is 0. The van der Waals surface area contributed by atoms with Crippen LogP contribution in [0.3, 0.4) is 0 Å². The molecule has 0 radical (unpaired) electrons. The molecular weight excluding hydrogens is 212 g/mol. The van der Waals surface area contributed by atoms with E-state index in [-0.39, 0.29) is 0 Å². The summed E-state index contributed by atoms with van der Waals surface area (Å²) in [7, 11) is 6.42. The Morgan fingerprint density at radius 1 is 1.47 bits per heavy atom. The van der Waals surface area contributed by atoms with Gasteiger partial charge in [-0.1, -0.05) is 6.07 Å². The minimum atomic E-state index is 0.332. The Labute approximate surface area is 104 Å². The summed E-state index contributed by atoms with van der Waals surface area (Å²) in [6.45, 7) is 3.25. The maximum atomic E-state index is 4.50. The first kappa shape index (κ1) is 12.5. The number of likely N-dealkylation sites (N-methyl/N-ethyl adjacent to an activating group) is 2. The Balaban J connectivity index is 2.17. The summed E-state index contributed by atoms with van der Waals surface area (Å²) in [6.07, 6.45) is 1.87. The maximum absolute atomic E-state index is 4.50. The van der Waals surface area contributed by atoms with Crippen LogP contribution in [0.15, 0.2) is 24.4 Å². The Kier molecular flexibility index (Phi) is 4.10. The highest BCUT2D eigenvalue weighted by Gasteiger charge is 2.28. The molecule has 0 saturated carbocycles. The Hall–Kier alpha value is -0.970. The number of nitrogens with one attached hydrogen (secondary N) is 1. The average Bonchev–Trinajstić information content (AvgIpc) is 2.30. The molecular formula is C13H22N4. The van der Waals surface area contributed by atoms with Crippen molar-refractivity contribution in [3.05, 3.63) is 30.1 Å². The van der Waals surface area contributed by atoms with Crippen LogP contribution in [0.1, 0.15) is 11.7 Å². The van der Waals surface area contributed by atoms with Gasteiger partial charge in [-0.2, -0.15) is 0 Å². The zero-order valence-corrected chi connectivity index (χ0v) is 10.9. The molecule has 1 aliphatic rings. The molecule has 2 unspecified atom stereocenters. The smallest absolute Gasteiger partial charge is 0.0683 e. The Morgan fingerprint density at radius 2 is 2.29 bits per heavy atom. The number of hydrogen-bond acceptors (Lipinski definition) is 4. The van der Waals surface area contributed by atoms with Gasteiger partial charge in [0.05, 0.1) is 11.7 Å². The SMILES string of the molecule is CN1CCNC(C(c2ccccn2)N(C)C)C1. The monoisotopic (exact) mass is 234 g/mol. The van der Waals surface area contributed by atoms with Gasteiger partial charge in [0.25, 0.3) is 0 Å². The van der Waals surface area contributed by atoms with Crippen molar-refractivity contribution in [2.45, 2.75) is 12.1 Å². The lowest BCUT2D eigenvalue weighted by Gasteiger charge is -2.38. The highest BCUT2D eigenvalue weighted by atomic mass is 15.2. The van der Waals surface area contributed by atoms with Crippen molar-refractivity contribution in [3.63, 3.8) is 0 Å². The van der Waals surface area contributed by atoms with E-state index in [9.17, 15) is 0 Å². The maximum Gasteiger partial charge on any atom is 0.0683 e. The highest BCUT2D eigenvalue weighted by molar-refractivity contribution is 5.12. The van der Waals surface area contributed by atoms with E-state index in [1.54, 1.807) is 0 Å². The first-order valence-corrected chi connectivity index (χ1v) is 6.18. The van der Waals surface area contributed by atoms with Crippen molar-refractivity contribution in [1.29, 1.82) is 0 Å². The third kappa shape index (κ3) is 3.03. The van der Waals surface area contributed by atoms with Crippen molar-refractivity contribution in [2.75, 3.05) is 40.8 Å². The lowest BCUT2D eigenvalue weighted by atomic mass is 10.0. The van der Waals surface area contributed by atoms with Gasteiger partial charge >= 0.3 is 0 Å². The van der Waals surface area contributed by atoms with Crippen molar-refractivity contribution in [1.82, 2.24) is 20.1 Å². The molecule has 1 aromatic heterocycles. The first-order valence-electron chi connectivity index (χ1n) is 6.18. The number of aromatic nitrogens is 1. The molecule has 4 nitrogen and oxygen atoms in total. The summed E-state index contributed by atoms with van der Waals surface area (Å²) >= 11 is 0. The van der Waals surface area contributed by atoms with Crippen LogP contribution < -0.4 is 5.32 Å². The molecule has 0 amide bonds.